The number of carbonyl (C=O) groups is 1. The maximum atomic E-state index is 12.2. The molecule has 0 aliphatic rings. The van der Waals surface area contributed by atoms with Crippen LogP contribution in [-0.2, 0) is 11.3 Å². The molecule has 0 heterocycles. The molecule has 0 aromatic heterocycles. The Morgan fingerprint density at radius 1 is 1.18 bits per heavy atom. The number of aliphatic imine (C=N–C) groups is 1. The van der Waals surface area contributed by atoms with Crippen molar-refractivity contribution in [3.05, 3.63) is 64.6 Å². The molecule has 0 aliphatic heterocycles. The van der Waals surface area contributed by atoms with Gasteiger partial charge in [0.1, 0.15) is 0 Å². The first kappa shape index (κ1) is 22.5. The third-order valence-corrected chi connectivity index (χ3v) is 5.39. The normalized spacial score (nSPS) is 13.5. The Morgan fingerprint density at radius 2 is 1.86 bits per heavy atom. The molecule has 0 aliphatic carbocycles. The van der Waals surface area contributed by atoms with E-state index in [1.165, 1.54) is 0 Å². The van der Waals surface area contributed by atoms with E-state index in [1.807, 2.05) is 54.6 Å². The fourth-order valence-electron chi connectivity index (χ4n) is 2.45. The van der Waals surface area contributed by atoms with Crippen LogP contribution >= 0.6 is 15.9 Å². The van der Waals surface area contributed by atoms with Crippen LogP contribution in [0.4, 0.5) is 10.5 Å². The first-order valence-corrected chi connectivity index (χ1v) is 10.8. The van der Waals surface area contributed by atoms with Gasteiger partial charge in [0.15, 0.2) is 0 Å². The van der Waals surface area contributed by atoms with E-state index in [1.54, 1.807) is 0 Å². The summed E-state index contributed by atoms with van der Waals surface area (Å²) < 4.78 is 7.04. The van der Waals surface area contributed by atoms with Gasteiger partial charge in [-0.1, -0.05) is 0 Å². The molecule has 1 amide bonds. The Morgan fingerprint density at radius 3 is 2.50 bits per heavy atom. The standard InChI is InChI=1S/C21H25BrN3O2Se/c1-3-15(2)19(25-21(26)27-14-16-7-5-4-6-8-16)13-23-20(28)24-18-11-9-17(22)10-12-18/h4-12,15,19H,3,13-14H2,1-2H3,(H,23,24)(H,25,26)/t15?,19-/m1/s1. The molecule has 2 aromatic rings. The van der Waals surface area contributed by atoms with Crippen molar-refractivity contribution in [3.8, 4) is 0 Å². The van der Waals surface area contributed by atoms with Gasteiger partial charge in [0.2, 0.25) is 0 Å². The van der Waals surface area contributed by atoms with Crippen molar-refractivity contribution >= 4 is 48.5 Å². The quantitative estimate of drug-likeness (QED) is 0.307. The molecule has 1 unspecified atom stereocenters. The minimum atomic E-state index is -0.424. The summed E-state index contributed by atoms with van der Waals surface area (Å²) in [5, 5.41) is 6.16. The molecule has 0 saturated carbocycles. The molecule has 0 fully saturated rings. The number of benzene rings is 2. The van der Waals surface area contributed by atoms with Crippen LogP contribution in [0.3, 0.4) is 0 Å². The SMILES string of the molecule is CCC(C)[C@@H](CN=C([Se])Nc1ccc(Br)cc1)NC(=O)OCc1ccccc1. The van der Waals surface area contributed by atoms with E-state index < -0.39 is 6.09 Å². The van der Waals surface area contributed by atoms with E-state index in [2.05, 4.69) is 61.4 Å². The number of carbonyl (C=O) groups excluding carboxylic acids is 1. The fraction of sp³-hybridized carbons (Fsp3) is 0.333. The van der Waals surface area contributed by atoms with E-state index >= 15 is 0 Å². The zero-order valence-electron chi connectivity index (χ0n) is 16.0. The molecule has 2 aromatic carbocycles. The number of anilines is 1. The Bertz CT molecular complexity index is 769. The van der Waals surface area contributed by atoms with Gasteiger partial charge in [-0.3, -0.25) is 0 Å². The summed E-state index contributed by atoms with van der Waals surface area (Å²) in [6.07, 6.45) is 0.508. The number of ether oxygens (including phenoxy) is 1. The Kier molecular flexibility index (Phi) is 9.55. The van der Waals surface area contributed by atoms with E-state index in [-0.39, 0.29) is 18.6 Å². The van der Waals surface area contributed by atoms with E-state index in [9.17, 15) is 4.79 Å². The van der Waals surface area contributed by atoms with Crippen molar-refractivity contribution in [2.45, 2.75) is 32.9 Å². The van der Waals surface area contributed by atoms with Gasteiger partial charge in [0, 0.05) is 0 Å². The summed E-state index contributed by atoms with van der Waals surface area (Å²) in [4.78, 5) is 16.8. The molecule has 7 heteroatoms. The van der Waals surface area contributed by atoms with Gasteiger partial charge >= 0.3 is 184 Å². The van der Waals surface area contributed by atoms with Crippen molar-refractivity contribution in [1.82, 2.24) is 5.32 Å². The third kappa shape index (κ3) is 8.05. The number of halogens is 1. The second-order valence-corrected chi connectivity index (χ2v) is 8.20. The van der Waals surface area contributed by atoms with E-state index in [0.717, 1.165) is 22.1 Å². The monoisotopic (exact) mass is 510 g/mol. The Labute approximate surface area is 183 Å². The molecule has 28 heavy (non-hydrogen) atoms. The van der Waals surface area contributed by atoms with Crippen molar-refractivity contribution in [2.24, 2.45) is 10.9 Å². The van der Waals surface area contributed by atoms with Gasteiger partial charge in [0.25, 0.3) is 0 Å². The molecular formula is C21H25BrN3O2Se. The fourth-order valence-corrected chi connectivity index (χ4v) is 3.11. The number of hydrogen-bond acceptors (Lipinski definition) is 3. The number of amidine groups is 1. The van der Waals surface area contributed by atoms with Crippen LogP contribution in [0.5, 0.6) is 0 Å². The van der Waals surface area contributed by atoms with Crippen molar-refractivity contribution < 1.29 is 9.53 Å². The molecular weight excluding hydrogens is 485 g/mol. The molecule has 1 radical (unpaired) electrons. The number of amides is 1. The number of rotatable bonds is 8. The average Bonchev–Trinajstić information content (AvgIpc) is 2.71. The first-order chi connectivity index (χ1) is 13.5. The average molecular weight is 510 g/mol. The molecule has 5 nitrogen and oxygen atoms in total. The molecule has 0 bridgehead atoms. The summed E-state index contributed by atoms with van der Waals surface area (Å²) in [6.45, 7) is 4.90. The van der Waals surface area contributed by atoms with Crippen LogP contribution in [0.2, 0.25) is 0 Å². The number of nitrogens with one attached hydrogen (secondary N) is 2. The summed E-state index contributed by atoms with van der Waals surface area (Å²) >= 11 is 6.35. The molecule has 2 N–H and O–H groups in total. The summed E-state index contributed by atoms with van der Waals surface area (Å²) in [6, 6.07) is 17.4. The molecule has 149 valence electrons. The zero-order chi connectivity index (χ0) is 20.4. The predicted octanol–water partition coefficient (Wildman–Crippen LogP) is 4.73. The van der Waals surface area contributed by atoms with Crippen LogP contribution < -0.4 is 10.6 Å². The van der Waals surface area contributed by atoms with Crippen LogP contribution in [0.15, 0.2) is 64.1 Å². The molecule has 2 atom stereocenters. The van der Waals surface area contributed by atoms with Gasteiger partial charge < -0.3 is 0 Å². The van der Waals surface area contributed by atoms with Gasteiger partial charge in [-0.05, 0) is 0 Å². The van der Waals surface area contributed by atoms with Crippen molar-refractivity contribution in [3.63, 3.8) is 0 Å². The molecule has 0 spiro atoms. The number of nitrogens with zero attached hydrogens (tertiary/aromatic N) is 1. The van der Waals surface area contributed by atoms with Gasteiger partial charge in [0.05, 0.1) is 0 Å². The number of alkyl carbamates (subject to hydrolysis) is 1. The Balaban J connectivity index is 1.89. The minimum absolute atomic E-state index is 0.108. The topological polar surface area (TPSA) is 62.7 Å². The first-order valence-electron chi connectivity index (χ1n) is 9.19. The van der Waals surface area contributed by atoms with Gasteiger partial charge in [-0.25, -0.2) is 0 Å². The summed E-state index contributed by atoms with van der Waals surface area (Å²) in [5.74, 6) is 0.272. The van der Waals surface area contributed by atoms with Gasteiger partial charge in [-0.15, -0.1) is 0 Å². The second-order valence-electron chi connectivity index (χ2n) is 6.48. The summed E-state index contributed by atoms with van der Waals surface area (Å²) in [7, 11) is 0. The van der Waals surface area contributed by atoms with Crippen LogP contribution in [0.25, 0.3) is 0 Å². The molecule has 0 saturated heterocycles. The Hall–Kier alpha value is -1.82. The summed E-state index contributed by atoms with van der Waals surface area (Å²) in [5.41, 5.74) is 1.90. The van der Waals surface area contributed by atoms with Gasteiger partial charge in [-0.2, -0.15) is 0 Å². The van der Waals surface area contributed by atoms with Crippen molar-refractivity contribution in [2.75, 3.05) is 11.9 Å². The maximum absolute atomic E-state index is 12.2. The van der Waals surface area contributed by atoms with Crippen LogP contribution in [0.1, 0.15) is 25.8 Å². The molecule has 2 rings (SSSR count). The van der Waals surface area contributed by atoms with E-state index in [4.69, 9.17) is 4.74 Å². The van der Waals surface area contributed by atoms with E-state index in [0.29, 0.717) is 11.3 Å². The predicted molar refractivity (Wildman–Crippen MR) is 119 cm³/mol. The zero-order valence-corrected chi connectivity index (χ0v) is 19.3. The number of hydrogen-bond donors (Lipinski definition) is 2. The van der Waals surface area contributed by atoms with Crippen LogP contribution in [-0.4, -0.2) is 39.4 Å². The van der Waals surface area contributed by atoms with Crippen LogP contribution in [0, 0.1) is 5.92 Å². The van der Waals surface area contributed by atoms with Crippen molar-refractivity contribution in [1.29, 1.82) is 0 Å². The second kappa shape index (κ2) is 11.9. The third-order valence-electron chi connectivity index (χ3n) is 4.37.